The van der Waals surface area contributed by atoms with Crippen molar-refractivity contribution in [1.29, 1.82) is 0 Å². The Morgan fingerprint density at radius 2 is 1.64 bits per heavy atom. The lowest BCUT2D eigenvalue weighted by molar-refractivity contribution is 0.0935. The first-order valence-corrected chi connectivity index (χ1v) is 7.74. The maximum atomic E-state index is 12.2. The smallest absolute Gasteiger partial charge is 0.255 e. The number of nitrogens with one attached hydrogen (secondary N) is 2. The first-order valence-electron chi connectivity index (χ1n) is 7.74. The Bertz CT molecular complexity index is 662. The molecular weight excluding hydrogens is 274 g/mol. The molecule has 4 nitrogen and oxygen atoms in total. The number of carbonyl (C=O) groups excluding carboxylic acids is 1. The van der Waals surface area contributed by atoms with Crippen molar-refractivity contribution < 1.29 is 4.79 Å². The zero-order chi connectivity index (χ0) is 15.5. The predicted molar refractivity (Wildman–Crippen MR) is 90.3 cm³/mol. The molecule has 0 saturated heterocycles. The van der Waals surface area contributed by atoms with Crippen LogP contribution in [-0.2, 0) is 0 Å². The number of hydrogen-bond donors (Lipinski definition) is 2. The summed E-state index contributed by atoms with van der Waals surface area (Å²) in [4.78, 5) is 14.5. The Labute approximate surface area is 131 Å². The second-order valence-corrected chi connectivity index (χ2v) is 5.36. The number of rotatable bonds is 4. The van der Waals surface area contributed by atoms with E-state index in [2.05, 4.69) is 53.6 Å². The Balaban J connectivity index is 1.82. The lowest BCUT2D eigenvalue weighted by Crippen LogP contribution is -2.38. The minimum atomic E-state index is -0.187. The number of hydrogen-bond acceptors (Lipinski definition) is 3. The third-order valence-corrected chi connectivity index (χ3v) is 4.10. The molecule has 22 heavy (non-hydrogen) atoms. The van der Waals surface area contributed by atoms with Crippen LogP contribution in [0.5, 0.6) is 0 Å². The quantitative estimate of drug-likeness (QED) is 0.909. The molecule has 0 spiro atoms. The SMILES string of the molecule is CCN(CC)c1ccc(C2NC(=O)c3ccccc3N2)cc1. The first kappa shape index (κ1) is 14.4. The molecule has 1 aliphatic rings. The summed E-state index contributed by atoms with van der Waals surface area (Å²) in [5.41, 5.74) is 3.83. The van der Waals surface area contributed by atoms with Crippen LogP contribution in [0.25, 0.3) is 0 Å². The van der Waals surface area contributed by atoms with Gasteiger partial charge in [0.05, 0.1) is 5.56 Å². The van der Waals surface area contributed by atoms with Crippen molar-refractivity contribution in [2.45, 2.75) is 20.0 Å². The predicted octanol–water partition coefficient (Wildman–Crippen LogP) is 3.39. The van der Waals surface area contributed by atoms with Gasteiger partial charge in [-0.05, 0) is 43.7 Å². The zero-order valence-corrected chi connectivity index (χ0v) is 13.0. The molecule has 1 heterocycles. The van der Waals surface area contributed by atoms with Crippen molar-refractivity contribution in [2.24, 2.45) is 0 Å². The van der Waals surface area contributed by atoms with Gasteiger partial charge in [0.2, 0.25) is 0 Å². The highest BCUT2D eigenvalue weighted by molar-refractivity contribution is 6.01. The molecular formula is C18H21N3O. The first-order chi connectivity index (χ1) is 10.7. The maximum absolute atomic E-state index is 12.2. The number of para-hydroxylation sites is 1. The van der Waals surface area contributed by atoms with Gasteiger partial charge in [0, 0.05) is 24.5 Å². The molecule has 4 heteroatoms. The Morgan fingerprint density at radius 1 is 0.955 bits per heavy atom. The molecule has 1 atom stereocenters. The van der Waals surface area contributed by atoms with Crippen LogP contribution >= 0.6 is 0 Å². The van der Waals surface area contributed by atoms with Crippen LogP contribution in [0, 0.1) is 0 Å². The maximum Gasteiger partial charge on any atom is 0.255 e. The third-order valence-electron chi connectivity index (χ3n) is 4.10. The molecule has 2 N–H and O–H groups in total. The standard InChI is InChI=1S/C18H21N3O/c1-3-21(4-2)14-11-9-13(10-12-14)17-19-16-8-6-5-7-15(16)18(22)20-17/h5-12,17,19H,3-4H2,1-2H3,(H,20,22). The van der Waals surface area contributed by atoms with E-state index in [0.717, 1.165) is 24.3 Å². The molecule has 0 aromatic heterocycles. The highest BCUT2D eigenvalue weighted by Crippen LogP contribution is 2.27. The highest BCUT2D eigenvalue weighted by atomic mass is 16.2. The van der Waals surface area contributed by atoms with E-state index in [1.54, 1.807) is 0 Å². The largest absolute Gasteiger partial charge is 0.372 e. The van der Waals surface area contributed by atoms with Gasteiger partial charge in [0.25, 0.3) is 5.91 Å². The van der Waals surface area contributed by atoms with Gasteiger partial charge >= 0.3 is 0 Å². The van der Waals surface area contributed by atoms with Gasteiger partial charge in [-0.15, -0.1) is 0 Å². The summed E-state index contributed by atoms with van der Waals surface area (Å²) < 4.78 is 0. The van der Waals surface area contributed by atoms with Crippen LogP contribution in [0.4, 0.5) is 11.4 Å². The summed E-state index contributed by atoms with van der Waals surface area (Å²) in [7, 11) is 0. The summed E-state index contributed by atoms with van der Waals surface area (Å²) in [5.74, 6) is -0.0350. The molecule has 2 aromatic rings. The summed E-state index contributed by atoms with van der Waals surface area (Å²) in [5, 5.41) is 6.38. The van der Waals surface area contributed by atoms with Crippen molar-refractivity contribution in [1.82, 2.24) is 5.32 Å². The number of anilines is 2. The van der Waals surface area contributed by atoms with Crippen LogP contribution in [0.15, 0.2) is 48.5 Å². The number of fused-ring (bicyclic) bond motifs is 1. The van der Waals surface area contributed by atoms with E-state index in [1.807, 2.05) is 24.3 Å². The second kappa shape index (κ2) is 6.10. The Morgan fingerprint density at radius 3 is 2.32 bits per heavy atom. The minimum absolute atomic E-state index is 0.0350. The van der Waals surface area contributed by atoms with Crippen LogP contribution in [0.1, 0.15) is 35.9 Å². The van der Waals surface area contributed by atoms with E-state index in [9.17, 15) is 4.79 Å². The van der Waals surface area contributed by atoms with Crippen LogP contribution in [-0.4, -0.2) is 19.0 Å². The fraction of sp³-hybridized carbons (Fsp3) is 0.278. The Kier molecular flexibility index (Phi) is 4.00. The van der Waals surface area contributed by atoms with Gasteiger partial charge < -0.3 is 15.5 Å². The normalized spacial score (nSPS) is 16.5. The van der Waals surface area contributed by atoms with E-state index < -0.39 is 0 Å². The highest BCUT2D eigenvalue weighted by Gasteiger charge is 2.23. The van der Waals surface area contributed by atoms with E-state index in [0.29, 0.717) is 5.56 Å². The summed E-state index contributed by atoms with van der Waals surface area (Å²) in [6.07, 6.45) is -0.187. The van der Waals surface area contributed by atoms with Gasteiger partial charge in [-0.25, -0.2) is 0 Å². The fourth-order valence-electron chi connectivity index (χ4n) is 2.84. The lowest BCUT2D eigenvalue weighted by atomic mass is 10.1. The van der Waals surface area contributed by atoms with Gasteiger partial charge in [0.1, 0.15) is 6.17 Å². The molecule has 0 radical (unpaired) electrons. The van der Waals surface area contributed by atoms with Gasteiger partial charge in [0.15, 0.2) is 0 Å². The van der Waals surface area contributed by atoms with E-state index in [1.165, 1.54) is 5.69 Å². The molecule has 3 rings (SSSR count). The zero-order valence-electron chi connectivity index (χ0n) is 13.0. The van der Waals surface area contributed by atoms with Gasteiger partial charge in [-0.2, -0.15) is 0 Å². The molecule has 1 amide bonds. The molecule has 0 saturated carbocycles. The average molecular weight is 295 g/mol. The van der Waals surface area contributed by atoms with Crippen molar-refractivity contribution >= 4 is 17.3 Å². The van der Waals surface area contributed by atoms with E-state index in [-0.39, 0.29) is 12.1 Å². The van der Waals surface area contributed by atoms with Crippen LogP contribution < -0.4 is 15.5 Å². The molecule has 0 fully saturated rings. The third kappa shape index (κ3) is 2.64. The van der Waals surface area contributed by atoms with Crippen molar-refractivity contribution in [3.8, 4) is 0 Å². The molecule has 1 unspecified atom stereocenters. The average Bonchev–Trinajstić information content (AvgIpc) is 2.56. The van der Waals surface area contributed by atoms with E-state index >= 15 is 0 Å². The number of carbonyl (C=O) groups is 1. The van der Waals surface area contributed by atoms with Gasteiger partial charge in [-0.1, -0.05) is 24.3 Å². The fourth-order valence-corrected chi connectivity index (χ4v) is 2.84. The van der Waals surface area contributed by atoms with Crippen molar-refractivity contribution in [3.05, 3.63) is 59.7 Å². The molecule has 0 bridgehead atoms. The van der Waals surface area contributed by atoms with E-state index in [4.69, 9.17) is 0 Å². The van der Waals surface area contributed by atoms with Crippen LogP contribution in [0.3, 0.4) is 0 Å². The summed E-state index contributed by atoms with van der Waals surface area (Å²) >= 11 is 0. The molecule has 1 aliphatic heterocycles. The minimum Gasteiger partial charge on any atom is -0.372 e. The van der Waals surface area contributed by atoms with Crippen molar-refractivity contribution in [2.75, 3.05) is 23.3 Å². The van der Waals surface area contributed by atoms with Gasteiger partial charge in [-0.3, -0.25) is 4.79 Å². The topological polar surface area (TPSA) is 44.4 Å². The summed E-state index contributed by atoms with van der Waals surface area (Å²) in [6, 6.07) is 15.9. The lowest BCUT2D eigenvalue weighted by Gasteiger charge is -2.28. The second-order valence-electron chi connectivity index (χ2n) is 5.36. The number of benzene rings is 2. The summed E-state index contributed by atoms with van der Waals surface area (Å²) in [6.45, 7) is 6.28. The number of amides is 1. The Hall–Kier alpha value is -2.49. The molecule has 114 valence electrons. The number of nitrogens with zero attached hydrogens (tertiary/aromatic N) is 1. The van der Waals surface area contributed by atoms with Crippen molar-refractivity contribution in [3.63, 3.8) is 0 Å². The monoisotopic (exact) mass is 295 g/mol. The van der Waals surface area contributed by atoms with Crippen LogP contribution in [0.2, 0.25) is 0 Å². The molecule has 2 aromatic carbocycles. The molecule has 0 aliphatic carbocycles.